The maximum Gasteiger partial charge on any atom is 0.433 e. The van der Waals surface area contributed by atoms with E-state index in [1.807, 2.05) is 11.0 Å². The lowest BCUT2D eigenvalue weighted by molar-refractivity contribution is -0.141. The van der Waals surface area contributed by atoms with Crippen molar-refractivity contribution in [3.05, 3.63) is 48.3 Å². The Hall–Kier alpha value is -2.84. The minimum Gasteiger partial charge on any atom is -0.367 e. The van der Waals surface area contributed by atoms with Crippen LogP contribution in [0.1, 0.15) is 30.1 Å². The molecule has 146 valence electrons. The smallest absolute Gasteiger partial charge is 0.367 e. The molecule has 1 saturated heterocycles. The van der Waals surface area contributed by atoms with E-state index in [0.29, 0.717) is 37.9 Å². The highest BCUT2D eigenvalue weighted by molar-refractivity contribution is 5.54. The number of aromatic nitrogens is 4. The minimum atomic E-state index is -4.46. The van der Waals surface area contributed by atoms with Crippen LogP contribution in [-0.2, 0) is 6.18 Å². The van der Waals surface area contributed by atoms with Crippen molar-refractivity contribution < 1.29 is 13.2 Å². The highest BCUT2D eigenvalue weighted by atomic mass is 19.4. The standard InChI is InChI=1S/C19H19F3N6/c20-19(21,22)16-9-18(24-12-23-16)27-7-5-26(6-8-27)14-3-4-17-25-15(13-1-2-13)11-28(17)10-14/h3-4,9-13H,1-2,5-8H2. The summed E-state index contributed by atoms with van der Waals surface area (Å²) in [7, 11) is 0. The van der Waals surface area contributed by atoms with Crippen LogP contribution in [0.15, 0.2) is 36.9 Å². The zero-order chi connectivity index (χ0) is 19.3. The fraction of sp³-hybridized carbons (Fsp3) is 0.421. The van der Waals surface area contributed by atoms with Crippen molar-refractivity contribution in [2.75, 3.05) is 36.0 Å². The van der Waals surface area contributed by atoms with Crippen molar-refractivity contribution >= 4 is 17.2 Å². The van der Waals surface area contributed by atoms with Gasteiger partial charge in [0.15, 0.2) is 0 Å². The first-order valence-electron chi connectivity index (χ1n) is 9.35. The number of hydrogen-bond donors (Lipinski definition) is 0. The van der Waals surface area contributed by atoms with E-state index in [1.165, 1.54) is 12.8 Å². The Morgan fingerprint density at radius 2 is 1.68 bits per heavy atom. The summed E-state index contributed by atoms with van der Waals surface area (Å²) in [6.45, 7) is 2.62. The van der Waals surface area contributed by atoms with Gasteiger partial charge in [-0.1, -0.05) is 0 Å². The predicted octanol–water partition coefficient (Wildman–Crippen LogP) is 3.35. The minimum absolute atomic E-state index is 0.320. The molecule has 0 atom stereocenters. The molecule has 0 N–H and O–H groups in total. The molecule has 0 unspecified atom stereocenters. The predicted molar refractivity (Wildman–Crippen MR) is 98.6 cm³/mol. The number of fused-ring (bicyclic) bond motifs is 1. The van der Waals surface area contributed by atoms with E-state index >= 15 is 0 Å². The van der Waals surface area contributed by atoms with Gasteiger partial charge in [-0.3, -0.25) is 0 Å². The second-order valence-corrected chi connectivity index (χ2v) is 7.33. The molecule has 0 amide bonds. The molecule has 2 aliphatic rings. The molecule has 0 bridgehead atoms. The molecule has 1 saturated carbocycles. The molecule has 0 radical (unpaired) electrons. The quantitative estimate of drug-likeness (QED) is 0.689. The number of halogens is 3. The molecule has 3 aromatic heterocycles. The monoisotopic (exact) mass is 388 g/mol. The molecular formula is C19H19F3N6. The summed E-state index contributed by atoms with van der Waals surface area (Å²) in [6.07, 6.45) is 3.15. The lowest BCUT2D eigenvalue weighted by atomic mass is 10.2. The van der Waals surface area contributed by atoms with Gasteiger partial charge in [-0.25, -0.2) is 15.0 Å². The van der Waals surface area contributed by atoms with E-state index in [1.54, 1.807) is 0 Å². The number of piperazine rings is 1. The van der Waals surface area contributed by atoms with E-state index in [2.05, 4.69) is 42.7 Å². The third-order valence-corrected chi connectivity index (χ3v) is 5.36. The van der Waals surface area contributed by atoms with Gasteiger partial charge in [0.1, 0.15) is 23.5 Å². The van der Waals surface area contributed by atoms with E-state index < -0.39 is 11.9 Å². The molecule has 2 fully saturated rings. The van der Waals surface area contributed by atoms with E-state index in [-0.39, 0.29) is 0 Å². The highest BCUT2D eigenvalue weighted by Crippen LogP contribution is 2.39. The van der Waals surface area contributed by atoms with Gasteiger partial charge in [-0.05, 0) is 25.0 Å². The van der Waals surface area contributed by atoms with Crippen LogP contribution in [0.4, 0.5) is 24.7 Å². The van der Waals surface area contributed by atoms with Crippen LogP contribution in [-0.4, -0.2) is 45.5 Å². The van der Waals surface area contributed by atoms with Gasteiger partial charge < -0.3 is 14.2 Å². The average molecular weight is 388 g/mol. The number of imidazole rings is 1. The van der Waals surface area contributed by atoms with Crippen molar-refractivity contribution in [1.29, 1.82) is 0 Å². The molecule has 6 nitrogen and oxygen atoms in total. The maximum absolute atomic E-state index is 12.9. The summed E-state index contributed by atoms with van der Waals surface area (Å²) < 4.78 is 40.7. The molecule has 28 heavy (non-hydrogen) atoms. The van der Waals surface area contributed by atoms with Crippen LogP contribution in [0, 0.1) is 0 Å². The molecule has 3 aromatic rings. The third-order valence-electron chi connectivity index (χ3n) is 5.36. The number of hydrogen-bond acceptors (Lipinski definition) is 5. The summed E-state index contributed by atoms with van der Waals surface area (Å²) >= 11 is 0. The Morgan fingerprint density at radius 3 is 2.39 bits per heavy atom. The number of pyridine rings is 1. The van der Waals surface area contributed by atoms with Crippen LogP contribution in [0.5, 0.6) is 0 Å². The zero-order valence-corrected chi connectivity index (χ0v) is 15.1. The van der Waals surface area contributed by atoms with Crippen molar-refractivity contribution in [3.63, 3.8) is 0 Å². The summed E-state index contributed by atoms with van der Waals surface area (Å²) in [5.41, 5.74) is 2.29. The fourth-order valence-electron chi connectivity index (χ4n) is 3.63. The van der Waals surface area contributed by atoms with Crippen molar-refractivity contribution in [1.82, 2.24) is 19.4 Å². The Bertz CT molecular complexity index is 1000. The molecule has 0 spiro atoms. The normalized spacial score (nSPS) is 18.1. The Labute approximate surface area is 159 Å². The lowest BCUT2D eigenvalue weighted by Gasteiger charge is -2.36. The van der Waals surface area contributed by atoms with Crippen molar-refractivity contribution in [2.45, 2.75) is 24.9 Å². The summed E-state index contributed by atoms with van der Waals surface area (Å²) in [5.74, 6) is 0.933. The second kappa shape index (κ2) is 6.35. The van der Waals surface area contributed by atoms with Gasteiger partial charge in [0, 0.05) is 50.6 Å². The first kappa shape index (κ1) is 17.3. The molecule has 0 aromatic carbocycles. The van der Waals surface area contributed by atoms with Crippen molar-refractivity contribution in [3.8, 4) is 0 Å². The first-order valence-corrected chi connectivity index (χ1v) is 9.35. The van der Waals surface area contributed by atoms with Gasteiger partial charge in [-0.2, -0.15) is 13.2 Å². The maximum atomic E-state index is 12.9. The number of anilines is 2. The topological polar surface area (TPSA) is 49.6 Å². The number of alkyl halides is 3. The third kappa shape index (κ3) is 3.25. The van der Waals surface area contributed by atoms with Crippen molar-refractivity contribution in [2.24, 2.45) is 0 Å². The largest absolute Gasteiger partial charge is 0.433 e. The number of nitrogens with zero attached hydrogens (tertiary/aromatic N) is 6. The SMILES string of the molecule is FC(F)(F)c1cc(N2CCN(c3ccc4nc(C5CC5)cn4c3)CC2)ncn1. The highest BCUT2D eigenvalue weighted by Gasteiger charge is 2.33. The average Bonchev–Trinajstić information content (AvgIpc) is 3.46. The zero-order valence-electron chi connectivity index (χ0n) is 15.1. The molecule has 9 heteroatoms. The Kier molecular flexibility index (Phi) is 3.92. The van der Waals surface area contributed by atoms with Gasteiger partial charge in [0.25, 0.3) is 0 Å². The second-order valence-electron chi connectivity index (χ2n) is 7.33. The van der Waals surface area contributed by atoms with Gasteiger partial charge >= 0.3 is 6.18 Å². The summed E-state index contributed by atoms with van der Waals surface area (Å²) in [4.78, 5) is 16.1. The Morgan fingerprint density at radius 1 is 0.929 bits per heavy atom. The van der Waals surface area contributed by atoms with Crippen LogP contribution >= 0.6 is 0 Å². The van der Waals surface area contributed by atoms with Crippen LogP contribution < -0.4 is 9.80 Å². The van der Waals surface area contributed by atoms with E-state index in [9.17, 15) is 13.2 Å². The number of rotatable bonds is 3. The van der Waals surface area contributed by atoms with E-state index in [4.69, 9.17) is 0 Å². The molecular weight excluding hydrogens is 369 g/mol. The van der Waals surface area contributed by atoms with E-state index in [0.717, 1.165) is 29.4 Å². The Balaban J connectivity index is 1.30. The lowest BCUT2D eigenvalue weighted by Crippen LogP contribution is -2.47. The van der Waals surface area contributed by atoms with Gasteiger partial charge in [-0.15, -0.1) is 0 Å². The first-order chi connectivity index (χ1) is 13.5. The van der Waals surface area contributed by atoms with Gasteiger partial charge in [0.2, 0.25) is 0 Å². The van der Waals surface area contributed by atoms with Crippen LogP contribution in [0.25, 0.3) is 5.65 Å². The molecule has 4 heterocycles. The van der Waals surface area contributed by atoms with Gasteiger partial charge in [0.05, 0.1) is 11.4 Å². The fourth-order valence-corrected chi connectivity index (χ4v) is 3.63. The summed E-state index contributed by atoms with van der Waals surface area (Å²) in [5, 5.41) is 0. The summed E-state index contributed by atoms with van der Waals surface area (Å²) in [6, 6.07) is 5.10. The molecule has 1 aliphatic heterocycles. The van der Waals surface area contributed by atoms with Crippen LogP contribution in [0.3, 0.4) is 0 Å². The molecule has 5 rings (SSSR count). The van der Waals surface area contributed by atoms with Crippen LogP contribution in [0.2, 0.25) is 0 Å². The molecule has 1 aliphatic carbocycles.